The summed E-state index contributed by atoms with van der Waals surface area (Å²) in [6.45, 7) is 1.86. The zero-order valence-electron chi connectivity index (χ0n) is 7.10. The molecule has 0 aliphatic carbocycles. The highest BCUT2D eigenvalue weighted by Gasteiger charge is 1.99. The number of aromatic nitrogens is 1. The molecule has 0 bridgehead atoms. The molecule has 1 aromatic heterocycles. The molecule has 0 aliphatic rings. The molecule has 1 N–H and O–H groups in total. The Morgan fingerprint density at radius 3 is 2.85 bits per heavy atom. The van der Waals surface area contributed by atoms with Crippen LogP contribution in [-0.4, -0.2) is 4.98 Å². The number of hydrogen-bond donors (Lipinski definition) is 1. The molecule has 0 amide bonds. The van der Waals surface area contributed by atoms with Gasteiger partial charge in [-0.25, -0.2) is 0 Å². The molecule has 13 heavy (non-hydrogen) atoms. The largest absolute Gasteiger partial charge is 0.326 e. The average Bonchev–Trinajstić information content (AvgIpc) is 2.06. The Hall–Kier alpha value is -1.28. The van der Waals surface area contributed by atoms with Crippen LogP contribution >= 0.6 is 11.6 Å². The fourth-order valence-corrected chi connectivity index (χ4v) is 1.54. The van der Waals surface area contributed by atoms with Crippen molar-refractivity contribution in [2.24, 2.45) is 0 Å². The van der Waals surface area contributed by atoms with Gasteiger partial charge in [0, 0.05) is 16.1 Å². The van der Waals surface area contributed by atoms with Crippen LogP contribution in [-0.2, 0) is 0 Å². The van der Waals surface area contributed by atoms with Gasteiger partial charge in [-0.15, -0.1) is 0 Å². The van der Waals surface area contributed by atoms with Crippen molar-refractivity contribution in [3.05, 3.63) is 45.3 Å². The van der Waals surface area contributed by atoms with E-state index in [4.69, 9.17) is 11.6 Å². The zero-order valence-corrected chi connectivity index (χ0v) is 7.85. The number of fused-ring (bicyclic) bond motifs is 1. The topological polar surface area (TPSA) is 32.9 Å². The summed E-state index contributed by atoms with van der Waals surface area (Å²) in [6, 6.07) is 7.23. The molecule has 66 valence electrons. The van der Waals surface area contributed by atoms with Crippen LogP contribution in [0.25, 0.3) is 10.8 Å². The van der Waals surface area contributed by atoms with Crippen molar-refractivity contribution in [3.8, 4) is 0 Å². The molecule has 2 nitrogen and oxygen atoms in total. The zero-order chi connectivity index (χ0) is 9.42. The summed E-state index contributed by atoms with van der Waals surface area (Å²) >= 11 is 5.78. The first-order valence-corrected chi connectivity index (χ1v) is 4.34. The quantitative estimate of drug-likeness (QED) is 0.685. The summed E-state index contributed by atoms with van der Waals surface area (Å²) in [4.78, 5) is 14.2. The molecular formula is C10H8ClNO. The van der Waals surface area contributed by atoms with Crippen molar-refractivity contribution in [3.63, 3.8) is 0 Å². The van der Waals surface area contributed by atoms with Gasteiger partial charge < -0.3 is 4.98 Å². The molecule has 0 unspecified atom stereocenters. The molecule has 2 rings (SSSR count). The SMILES string of the molecule is Cc1cc2ccc(Cl)cc2c(=O)[nH]1. The smallest absolute Gasteiger partial charge is 0.256 e. The summed E-state index contributed by atoms with van der Waals surface area (Å²) < 4.78 is 0. The third-order valence-electron chi connectivity index (χ3n) is 1.94. The minimum absolute atomic E-state index is 0.0856. The van der Waals surface area contributed by atoms with Crippen molar-refractivity contribution in [2.75, 3.05) is 0 Å². The molecule has 0 aliphatic heterocycles. The molecule has 1 heterocycles. The number of nitrogens with one attached hydrogen (secondary N) is 1. The third-order valence-corrected chi connectivity index (χ3v) is 2.18. The fraction of sp³-hybridized carbons (Fsp3) is 0.100. The minimum Gasteiger partial charge on any atom is -0.326 e. The monoisotopic (exact) mass is 193 g/mol. The summed E-state index contributed by atoms with van der Waals surface area (Å²) in [5, 5.41) is 2.14. The second-order valence-corrected chi connectivity index (χ2v) is 3.45. The third kappa shape index (κ3) is 1.45. The first-order valence-electron chi connectivity index (χ1n) is 3.96. The first kappa shape index (κ1) is 8.32. The van der Waals surface area contributed by atoms with Crippen LogP contribution in [0.15, 0.2) is 29.1 Å². The molecule has 0 saturated carbocycles. The lowest BCUT2D eigenvalue weighted by molar-refractivity contribution is 1.17. The normalized spacial score (nSPS) is 10.6. The van der Waals surface area contributed by atoms with Gasteiger partial charge in [0.05, 0.1) is 0 Å². The van der Waals surface area contributed by atoms with Gasteiger partial charge >= 0.3 is 0 Å². The van der Waals surface area contributed by atoms with Crippen molar-refractivity contribution in [1.82, 2.24) is 4.98 Å². The first-order chi connectivity index (χ1) is 6.16. The average molecular weight is 194 g/mol. The Bertz CT molecular complexity index is 516. The Balaban J connectivity index is 2.95. The standard InChI is InChI=1S/C10H8ClNO/c1-6-4-7-2-3-8(11)5-9(7)10(13)12-6/h2-5H,1H3,(H,12,13). The van der Waals surface area contributed by atoms with Gasteiger partial charge in [0.2, 0.25) is 0 Å². The molecule has 0 fully saturated rings. The van der Waals surface area contributed by atoms with Gasteiger partial charge in [-0.3, -0.25) is 4.79 Å². The summed E-state index contributed by atoms with van der Waals surface area (Å²) in [5.41, 5.74) is 0.775. The van der Waals surface area contributed by atoms with Crippen LogP contribution < -0.4 is 5.56 Å². The minimum atomic E-state index is -0.0856. The number of hydrogen-bond acceptors (Lipinski definition) is 1. The van der Waals surface area contributed by atoms with Gasteiger partial charge in [0.1, 0.15) is 0 Å². The molecule has 0 spiro atoms. The van der Waals surface area contributed by atoms with E-state index in [1.165, 1.54) is 0 Å². The molecule has 1 aromatic carbocycles. The molecular weight excluding hydrogens is 186 g/mol. The summed E-state index contributed by atoms with van der Waals surface area (Å²) in [7, 11) is 0. The van der Waals surface area contributed by atoms with Crippen molar-refractivity contribution < 1.29 is 0 Å². The molecule has 0 saturated heterocycles. The van der Waals surface area contributed by atoms with Crippen molar-refractivity contribution in [1.29, 1.82) is 0 Å². The van der Waals surface area contributed by atoms with Crippen LogP contribution in [0.3, 0.4) is 0 Å². The molecule has 2 aromatic rings. The summed E-state index contributed by atoms with van der Waals surface area (Å²) in [6.07, 6.45) is 0. The number of pyridine rings is 1. The van der Waals surface area contributed by atoms with E-state index in [-0.39, 0.29) is 5.56 Å². The number of H-pyrrole nitrogens is 1. The molecule has 3 heteroatoms. The van der Waals surface area contributed by atoms with Crippen molar-refractivity contribution in [2.45, 2.75) is 6.92 Å². The summed E-state index contributed by atoms with van der Waals surface area (Å²) in [5.74, 6) is 0. The van der Waals surface area contributed by atoms with Gasteiger partial charge in [-0.1, -0.05) is 17.7 Å². The Kier molecular flexibility index (Phi) is 1.85. The molecule has 0 atom stereocenters. The van der Waals surface area contributed by atoms with E-state index in [1.807, 2.05) is 19.1 Å². The van der Waals surface area contributed by atoms with E-state index in [0.29, 0.717) is 10.4 Å². The van der Waals surface area contributed by atoms with Gasteiger partial charge in [-0.2, -0.15) is 0 Å². The van der Waals surface area contributed by atoms with Crippen LogP contribution in [0.5, 0.6) is 0 Å². The van der Waals surface area contributed by atoms with E-state index in [9.17, 15) is 4.79 Å². The van der Waals surface area contributed by atoms with Crippen LogP contribution in [0.4, 0.5) is 0 Å². The maximum Gasteiger partial charge on any atom is 0.256 e. The van der Waals surface area contributed by atoms with E-state index >= 15 is 0 Å². The predicted octanol–water partition coefficient (Wildman–Crippen LogP) is 2.49. The van der Waals surface area contributed by atoms with E-state index in [2.05, 4.69) is 4.98 Å². The van der Waals surface area contributed by atoms with Gasteiger partial charge in [0.15, 0.2) is 0 Å². The highest BCUT2D eigenvalue weighted by Crippen LogP contribution is 2.16. The Morgan fingerprint density at radius 2 is 2.08 bits per heavy atom. The van der Waals surface area contributed by atoms with Crippen LogP contribution in [0.1, 0.15) is 5.69 Å². The van der Waals surface area contributed by atoms with Crippen LogP contribution in [0.2, 0.25) is 5.02 Å². The van der Waals surface area contributed by atoms with E-state index in [1.54, 1.807) is 12.1 Å². The number of aryl methyl sites for hydroxylation is 1. The maximum atomic E-state index is 11.4. The van der Waals surface area contributed by atoms with Crippen LogP contribution in [0, 0.1) is 6.92 Å². The number of benzene rings is 1. The Morgan fingerprint density at radius 1 is 1.31 bits per heavy atom. The lowest BCUT2D eigenvalue weighted by Gasteiger charge is -1.98. The van der Waals surface area contributed by atoms with Gasteiger partial charge in [0.25, 0.3) is 5.56 Å². The van der Waals surface area contributed by atoms with Crippen molar-refractivity contribution >= 4 is 22.4 Å². The van der Waals surface area contributed by atoms with Gasteiger partial charge in [-0.05, 0) is 30.5 Å². The lowest BCUT2D eigenvalue weighted by Crippen LogP contribution is -2.06. The second-order valence-electron chi connectivity index (χ2n) is 3.01. The molecule has 0 radical (unpaired) electrons. The van der Waals surface area contributed by atoms with E-state index < -0.39 is 0 Å². The lowest BCUT2D eigenvalue weighted by atomic mass is 10.1. The number of aromatic amines is 1. The predicted molar refractivity (Wildman–Crippen MR) is 54.3 cm³/mol. The number of rotatable bonds is 0. The highest BCUT2D eigenvalue weighted by atomic mass is 35.5. The van der Waals surface area contributed by atoms with E-state index in [0.717, 1.165) is 11.1 Å². The maximum absolute atomic E-state index is 11.4. The Labute approximate surface area is 80.2 Å². The number of halogens is 1. The fourth-order valence-electron chi connectivity index (χ4n) is 1.37. The second kappa shape index (κ2) is 2.89. The highest BCUT2D eigenvalue weighted by molar-refractivity contribution is 6.31.